The Kier molecular flexibility index (Phi) is 6.79. The van der Waals surface area contributed by atoms with Crippen molar-refractivity contribution in [2.45, 2.75) is 19.1 Å². The van der Waals surface area contributed by atoms with Crippen LogP contribution in [-0.4, -0.2) is 59.1 Å². The molecule has 3 aromatic rings. The molecule has 0 N–H and O–H groups in total. The van der Waals surface area contributed by atoms with Gasteiger partial charge in [0.2, 0.25) is 10.0 Å². The lowest BCUT2D eigenvalue weighted by molar-refractivity contribution is 0.380. The Morgan fingerprint density at radius 3 is 2.32 bits per heavy atom. The highest BCUT2D eigenvalue weighted by molar-refractivity contribution is 7.89. The molecule has 1 aromatic carbocycles. The van der Waals surface area contributed by atoms with Gasteiger partial charge in [0.05, 0.1) is 16.0 Å². The molecule has 2 aromatic heterocycles. The van der Waals surface area contributed by atoms with Gasteiger partial charge in [0.25, 0.3) is 0 Å². The highest BCUT2D eigenvalue weighted by Crippen LogP contribution is 2.35. The molecule has 1 saturated heterocycles. The first-order chi connectivity index (χ1) is 16.2. The highest BCUT2D eigenvalue weighted by Gasteiger charge is 2.31. The third-order valence-electron chi connectivity index (χ3n) is 5.62. The lowest BCUT2D eigenvalue weighted by Crippen LogP contribution is -2.50. The highest BCUT2D eigenvalue weighted by atomic mass is 35.5. The minimum Gasteiger partial charge on any atom is -0.352 e. The smallest absolute Gasteiger partial charge is 0.216 e. The van der Waals surface area contributed by atoms with E-state index in [0.717, 1.165) is 0 Å². The molecular weight excluding hydrogens is 479 g/mol. The quantitative estimate of drug-likeness (QED) is 0.525. The Balaban J connectivity index is 1.79. The Morgan fingerprint density at radius 2 is 1.74 bits per heavy atom. The summed E-state index contributed by atoms with van der Waals surface area (Å²) in [5.74, 6) is -0.0515. The summed E-state index contributed by atoms with van der Waals surface area (Å²) in [6.45, 7) is 4.57. The molecule has 0 unspecified atom stereocenters. The predicted molar refractivity (Wildman–Crippen MR) is 128 cm³/mol. The van der Waals surface area contributed by atoms with Crippen molar-refractivity contribution in [3.63, 3.8) is 0 Å². The van der Waals surface area contributed by atoms with Gasteiger partial charge in [-0.25, -0.2) is 22.8 Å². The van der Waals surface area contributed by atoms with Crippen LogP contribution in [0, 0.1) is 17.1 Å². The van der Waals surface area contributed by atoms with Crippen molar-refractivity contribution in [2.75, 3.05) is 31.1 Å². The van der Waals surface area contributed by atoms with Gasteiger partial charge in [-0.1, -0.05) is 11.6 Å². The largest absolute Gasteiger partial charge is 0.352 e. The van der Waals surface area contributed by atoms with Crippen LogP contribution in [0.3, 0.4) is 0 Å². The van der Waals surface area contributed by atoms with Crippen LogP contribution in [0.25, 0.3) is 22.5 Å². The van der Waals surface area contributed by atoms with Crippen LogP contribution in [0.4, 0.5) is 10.2 Å². The summed E-state index contributed by atoms with van der Waals surface area (Å²) in [6.07, 6.45) is 3.06. The third kappa shape index (κ3) is 4.59. The number of pyridine rings is 1. The molecule has 0 bridgehead atoms. The number of hydrogen-bond donors (Lipinski definition) is 0. The molecule has 0 atom stereocenters. The second-order valence-electron chi connectivity index (χ2n) is 8.05. The molecule has 0 aliphatic carbocycles. The minimum absolute atomic E-state index is 0.0911. The maximum atomic E-state index is 13.5. The monoisotopic (exact) mass is 500 g/mol. The van der Waals surface area contributed by atoms with Crippen LogP contribution in [0.15, 0.2) is 42.7 Å². The number of piperazine rings is 1. The number of sulfonamides is 1. The molecule has 0 spiro atoms. The zero-order valence-electron chi connectivity index (χ0n) is 18.6. The molecule has 1 aliphatic rings. The van der Waals surface area contributed by atoms with Crippen LogP contribution in [0.5, 0.6) is 0 Å². The van der Waals surface area contributed by atoms with Crippen molar-refractivity contribution in [1.82, 2.24) is 19.3 Å². The average Bonchev–Trinajstić information content (AvgIpc) is 2.84. The van der Waals surface area contributed by atoms with Gasteiger partial charge in [0.1, 0.15) is 17.6 Å². The van der Waals surface area contributed by atoms with Crippen molar-refractivity contribution in [3.05, 3.63) is 59.3 Å². The fourth-order valence-corrected chi connectivity index (χ4v) is 5.22. The summed E-state index contributed by atoms with van der Waals surface area (Å²) >= 11 is 6.41. The second kappa shape index (κ2) is 9.62. The van der Waals surface area contributed by atoms with E-state index in [1.165, 1.54) is 22.6 Å². The van der Waals surface area contributed by atoms with Crippen molar-refractivity contribution in [1.29, 1.82) is 5.26 Å². The number of halogens is 2. The summed E-state index contributed by atoms with van der Waals surface area (Å²) in [6, 6.07) is 9.54. The first-order valence-corrected chi connectivity index (χ1v) is 12.5. The first kappa shape index (κ1) is 24.0. The molecule has 4 rings (SSSR count). The molecule has 8 nitrogen and oxygen atoms in total. The van der Waals surface area contributed by atoms with E-state index in [9.17, 15) is 18.1 Å². The second-order valence-corrected chi connectivity index (χ2v) is 10.9. The zero-order valence-corrected chi connectivity index (χ0v) is 20.2. The predicted octanol–water partition coefficient (Wildman–Crippen LogP) is 3.73. The number of nitrogens with zero attached hydrogens (tertiary/aromatic N) is 6. The van der Waals surface area contributed by atoms with Crippen LogP contribution in [-0.2, 0) is 10.0 Å². The van der Waals surface area contributed by atoms with Gasteiger partial charge in [-0.2, -0.15) is 9.57 Å². The van der Waals surface area contributed by atoms with Gasteiger partial charge in [0, 0.05) is 49.7 Å². The van der Waals surface area contributed by atoms with E-state index in [0.29, 0.717) is 46.4 Å². The number of hydrogen-bond acceptors (Lipinski definition) is 7. The van der Waals surface area contributed by atoms with Gasteiger partial charge in [-0.15, -0.1) is 0 Å². The maximum Gasteiger partial charge on any atom is 0.216 e. The fraction of sp³-hybridized carbons (Fsp3) is 0.304. The summed E-state index contributed by atoms with van der Waals surface area (Å²) in [7, 11) is -3.37. The number of rotatable bonds is 5. The van der Waals surface area contributed by atoms with Crippen molar-refractivity contribution < 1.29 is 12.8 Å². The molecule has 34 heavy (non-hydrogen) atoms. The lowest BCUT2D eigenvalue weighted by atomic mass is 10.0. The molecule has 0 radical (unpaired) electrons. The van der Waals surface area contributed by atoms with Gasteiger partial charge >= 0.3 is 0 Å². The van der Waals surface area contributed by atoms with E-state index in [1.54, 1.807) is 38.2 Å². The van der Waals surface area contributed by atoms with Crippen LogP contribution in [0.2, 0.25) is 5.02 Å². The summed E-state index contributed by atoms with van der Waals surface area (Å²) in [5, 5.41) is 9.69. The van der Waals surface area contributed by atoms with Crippen LogP contribution < -0.4 is 4.90 Å². The SMILES string of the molecule is CC(C)S(=O)(=O)N1CCN(c2nc(-c3ccncc3Cl)c(-c3ccc(F)cc3)nc2C#N)CC1. The van der Waals surface area contributed by atoms with Crippen LogP contribution >= 0.6 is 11.6 Å². The topological polar surface area (TPSA) is 103 Å². The average molecular weight is 501 g/mol. The summed E-state index contributed by atoms with van der Waals surface area (Å²) < 4.78 is 40.1. The number of aromatic nitrogens is 3. The fourth-order valence-electron chi connectivity index (χ4n) is 3.74. The molecular formula is C23H22ClFN6O2S. The molecule has 176 valence electrons. The normalized spacial score (nSPS) is 14.9. The lowest BCUT2D eigenvalue weighted by Gasteiger charge is -2.35. The minimum atomic E-state index is -3.37. The van der Waals surface area contributed by atoms with E-state index in [1.807, 2.05) is 4.90 Å². The summed E-state index contributed by atoms with van der Waals surface area (Å²) in [4.78, 5) is 15.2. The number of benzene rings is 1. The van der Waals surface area contributed by atoms with Crippen molar-refractivity contribution in [2.24, 2.45) is 0 Å². The van der Waals surface area contributed by atoms with E-state index in [2.05, 4.69) is 16.0 Å². The number of anilines is 1. The van der Waals surface area contributed by atoms with E-state index < -0.39 is 21.1 Å². The van der Waals surface area contributed by atoms with Crippen molar-refractivity contribution in [3.8, 4) is 28.6 Å². The number of nitriles is 1. The molecule has 1 fully saturated rings. The maximum absolute atomic E-state index is 13.5. The van der Waals surface area contributed by atoms with E-state index in [4.69, 9.17) is 16.6 Å². The zero-order chi connectivity index (χ0) is 24.5. The Bertz CT molecular complexity index is 1350. The van der Waals surface area contributed by atoms with Crippen molar-refractivity contribution >= 4 is 27.4 Å². The Morgan fingerprint density at radius 1 is 1.06 bits per heavy atom. The van der Waals surface area contributed by atoms with Gasteiger partial charge < -0.3 is 4.90 Å². The van der Waals surface area contributed by atoms with Gasteiger partial charge in [-0.3, -0.25) is 4.98 Å². The Hall–Kier alpha value is -3.13. The third-order valence-corrected chi connectivity index (χ3v) is 8.20. The Labute approximate surface area is 202 Å². The van der Waals surface area contributed by atoms with Crippen LogP contribution in [0.1, 0.15) is 19.5 Å². The van der Waals surface area contributed by atoms with E-state index >= 15 is 0 Å². The standard InChI is InChI=1S/C23H22ClFN6O2S/c1-15(2)34(32,33)31-11-9-30(10-12-31)23-20(13-26)28-21(16-3-5-17(25)6-4-16)22(29-23)18-7-8-27-14-19(18)24/h3-8,14-15H,9-12H2,1-2H3. The molecule has 0 amide bonds. The molecule has 11 heteroatoms. The van der Waals surface area contributed by atoms with E-state index in [-0.39, 0.29) is 18.8 Å². The summed E-state index contributed by atoms with van der Waals surface area (Å²) in [5.41, 5.74) is 2.04. The van der Waals surface area contributed by atoms with Gasteiger partial charge in [-0.05, 0) is 44.2 Å². The van der Waals surface area contributed by atoms with Gasteiger partial charge in [0.15, 0.2) is 11.5 Å². The molecule has 0 saturated carbocycles. The molecule has 3 heterocycles. The first-order valence-electron chi connectivity index (χ1n) is 10.6. The molecule has 1 aliphatic heterocycles.